The molecule has 1 aromatic rings. The number of benzene rings is 1. The Morgan fingerprint density at radius 1 is 1.47 bits per heavy atom. The third-order valence-corrected chi connectivity index (χ3v) is 4.37. The van der Waals surface area contributed by atoms with E-state index in [1.54, 1.807) is 12.1 Å². The molecule has 0 heterocycles. The molecular weight excluding hydrogens is 244 g/mol. The molecule has 2 saturated carbocycles. The number of hydrogen-bond acceptors (Lipinski definition) is 4. The third-order valence-electron chi connectivity index (χ3n) is 4.37. The molecule has 1 aromatic carbocycles. The van der Waals surface area contributed by atoms with Crippen molar-refractivity contribution in [2.24, 2.45) is 11.3 Å². The minimum atomic E-state index is -0.360. The second-order valence-electron chi connectivity index (χ2n) is 5.63. The second-order valence-corrected chi connectivity index (χ2v) is 5.63. The summed E-state index contributed by atoms with van der Waals surface area (Å²) in [7, 11) is 1.51. The van der Waals surface area contributed by atoms with Crippen LogP contribution in [0.5, 0.6) is 5.75 Å². The van der Waals surface area contributed by atoms with E-state index in [-0.39, 0.29) is 10.6 Å². The number of methoxy groups -OCH3 is 1. The molecule has 0 unspecified atom stereocenters. The Kier molecular flexibility index (Phi) is 2.84. The highest BCUT2D eigenvalue weighted by atomic mass is 16.6. The van der Waals surface area contributed by atoms with Crippen molar-refractivity contribution in [3.05, 3.63) is 28.3 Å². The van der Waals surface area contributed by atoms with Gasteiger partial charge in [-0.3, -0.25) is 10.1 Å². The molecule has 0 aromatic heterocycles. The summed E-state index contributed by atoms with van der Waals surface area (Å²) in [6.45, 7) is 0.852. The molecule has 3 rings (SSSR count). The smallest absolute Gasteiger partial charge is 0.296 e. The minimum Gasteiger partial charge on any atom is -0.496 e. The summed E-state index contributed by atoms with van der Waals surface area (Å²) in [4.78, 5) is 10.7. The van der Waals surface area contributed by atoms with Gasteiger partial charge in [0, 0.05) is 6.54 Å². The highest BCUT2D eigenvalue weighted by Gasteiger charge is 2.53. The van der Waals surface area contributed by atoms with Crippen LogP contribution in [0, 0.1) is 21.4 Å². The second kappa shape index (κ2) is 4.40. The Bertz CT molecular complexity index is 507. The number of nitro groups is 1. The van der Waals surface area contributed by atoms with Crippen molar-refractivity contribution >= 4 is 11.4 Å². The van der Waals surface area contributed by atoms with Crippen LogP contribution in [0.2, 0.25) is 0 Å². The van der Waals surface area contributed by atoms with Gasteiger partial charge in [0.2, 0.25) is 0 Å². The van der Waals surface area contributed by atoms with E-state index in [4.69, 9.17) is 4.74 Å². The highest BCUT2D eigenvalue weighted by Crippen LogP contribution is 2.61. The van der Waals surface area contributed by atoms with Gasteiger partial charge in [-0.2, -0.15) is 0 Å². The number of nitro benzene ring substituents is 1. The molecule has 1 N–H and O–H groups in total. The number of ether oxygens (including phenoxy) is 1. The van der Waals surface area contributed by atoms with E-state index in [9.17, 15) is 10.1 Å². The molecule has 2 aliphatic carbocycles. The predicted molar refractivity (Wildman–Crippen MR) is 72.5 cm³/mol. The van der Waals surface area contributed by atoms with Gasteiger partial charge in [0.25, 0.3) is 5.69 Å². The lowest BCUT2D eigenvalue weighted by molar-refractivity contribution is -0.384. The average Bonchev–Trinajstić information content (AvgIpc) is 3.28. The van der Waals surface area contributed by atoms with Gasteiger partial charge in [-0.15, -0.1) is 0 Å². The zero-order chi connectivity index (χ0) is 13.5. The molecule has 5 heteroatoms. The Balaban J connectivity index is 1.74. The number of hydrogen-bond donors (Lipinski definition) is 1. The largest absolute Gasteiger partial charge is 0.496 e. The Morgan fingerprint density at radius 2 is 2.21 bits per heavy atom. The van der Waals surface area contributed by atoms with E-state index >= 15 is 0 Å². The topological polar surface area (TPSA) is 64.4 Å². The highest BCUT2D eigenvalue weighted by molar-refractivity contribution is 5.64. The molecule has 0 bridgehead atoms. The summed E-state index contributed by atoms with van der Waals surface area (Å²) in [5.74, 6) is 1.36. The summed E-state index contributed by atoms with van der Waals surface area (Å²) < 4.78 is 5.03. The van der Waals surface area contributed by atoms with Crippen LogP contribution in [0.4, 0.5) is 11.4 Å². The number of nitrogens with zero attached hydrogens (tertiary/aromatic N) is 1. The quantitative estimate of drug-likeness (QED) is 0.631. The number of anilines is 1. The average molecular weight is 262 g/mol. The van der Waals surface area contributed by atoms with Crippen LogP contribution in [0.15, 0.2) is 18.2 Å². The fraction of sp³-hybridized carbons (Fsp3) is 0.571. The SMILES string of the molecule is COc1ccc(NCC2(C3CC3)CC2)c([N+](=O)[O-])c1. The van der Waals surface area contributed by atoms with Crippen molar-refractivity contribution in [1.29, 1.82) is 0 Å². The zero-order valence-corrected chi connectivity index (χ0v) is 11.0. The molecule has 19 heavy (non-hydrogen) atoms. The normalized spacial score (nSPS) is 19.8. The standard InChI is InChI=1S/C14H18N2O3/c1-19-11-4-5-12(13(8-11)16(17)18)15-9-14(6-7-14)10-2-3-10/h4-5,8,10,15H,2-3,6-7,9H2,1H3. The monoisotopic (exact) mass is 262 g/mol. The van der Waals surface area contributed by atoms with Crippen molar-refractivity contribution in [3.8, 4) is 5.75 Å². The van der Waals surface area contributed by atoms with Gasteiger partial charge in [-0.25, -0.2) is 0 Å². The van der Waals surface area contributed by atoms with Crippen molar-refractivity contribution in [2.45, 2.75) is 25.7 Å². The summed E-state index contributed by atoms with van der Waals surface area (Å²) in [6.07, 6.45) is 5.17. The van der Waals surface area contributed by atoms with E-state index in [0.29, 0.717) is 16.9 Å². The van der Waals surface area contributed by atoms with E-state index in [1.807, 2.05) is 0 Å². The van der Waals surface area contributed by atoms with E-state index in [2.05, 4.69) is 5.32 Å². The first kappa shape index (κ1) is 12.3. The molecule has 2 fully saturated rings. The first-order valence-electron chi connectivity index (χ1n) is 6.71. The van der Waals surface area contributed by atoms with Crippen molar-refractivity contribution in [3.63, 3.8) is 0 Å². The Morgan fingerprint density at radius 3 is 2.74 bits per heavy atom. The third kappa shape index (κ3) is 2.37. The molecule has 0 amide bonds. The fourth-order valence-electron chi connectivity index (χ4n) is 2.80. The van der Waals surface area contributed by atoms with Gasteiger partial charge in [0.05, 0.1) is 18.1 Å². The molecule has 0 saturated heterocycles. The van der Waals surface area contributed by atoms with E-state index in [0.717, 1.165) is 12.5 Å². The van der Waals surface area contributed by atoms with Crippen LogP contribution in [0.3, 0.4) is 0 Å². The number of nitrogens with one attached hydrogen (secondary N) is 1. The van der Waals surface area contributed by atoms with Crippen LogP contribution >= 0.6 is 0 Å². The molecule has 0 spiro atoms. The molecule has 102 valence electrons. The maximum absolute atomic E-state index is 11.1. The summed E-state index contributed by atoms with van der Waals surface area (Å²) in [5.41, 5.74) is 1.11. The van der Waals surface area contributed by atoms with Crippen LogP contribution in [0.1, 0.15) is 25.7 Å². The van der Waals surface area contributed by atoms with Crippen LogP contribution in [-0.2, 0) is 0 Å². The van der Waals surface area contributed by atoms with Crippen LogP contribution < -0.4 is 10.1 Å². The lowest BCUT2D eigenvalue weighted by Gasteiger charge is -2.16. The predicted octanol–water partition coefficient (Wildman–Crippen LogP) is 3.21. The van der Waals surface area contributed by atoms with Gasteiger partial charge >= 0.3 is 0 Å². The summed E-state index contributed by atoms with van der Waals surface area (Å²) >= 11 is 0. The number of rotatable bonds is 6. The first-order chi connectivity index (χ1) is 9.14. The summed E-state index contributed by atoms with van der Waals surface area (Å²) in [6, 6.07) is 4.96. The van der Waals surface area contributed by atoms with Crippen molar-refractivity contribution in [1.82, 2.24) is 0 Å². The van der Waals surface area contributed by atoms with Crippen LogP contribution in [-0.4, -0.2) is 18.6 Å². The van der Waals surface area contributed by atoms with Crippen LogP contribution in [0.25, 0.3) is 0 Å². The Hall–Kier alpha value is -1.78. The Labute approximate surface area is 112 Å². The van der Waals surface area contributed by atoms with Gasteiger partial charge in [-0.05, 0) is 49.1 Å². The lowest BCUT2D eigenvalue weighted by Crippen LogP contribution is -2.17. The fourth-order valence-corrected chi connectivity index (χ4v) is 2.80. The van der Waals surface area contributed by atoms with Crippen molar-refractivity contribution < 1.29 is 9.66 Å². The van der Waals surface area contributed by atoms with Gasteiger partial charge in [0.15, 0.2) is 0 Å². The lowest BCUT2D eigenvalue weighted by atomic mass is 10.0. The van der Waals surface area contributed by atoms with Gasteiger partial charge in [-0.1, -0.05) is 0 Å². The molecular formula is C14H18N2O3. The molecule has 5 nitrogen and oxygen atoms in total. The van der Waals surface area contributed by atoms with Crippen molar-refractivity contribution in [2.75, 3.05) is 19.0 Å². The van der Waals surface area contributed by atoms with E-state index in [1.165, 1.54) is 38.9 Å². The van der Waals surface area contributed by atoms with E-state index < -0.39 is 0 Å². The maximum atomic E-state index is 11.1. The molecule has 2 aliphatic rings. The molecule has 0 atom stereocenters. The zero-order valence-electron chi connectivity index (χ0n) is 11.0. The molecule has 0 aliphatic heterocycles. The molecule has 0 radical (unpaired) electrons. The minimum absolute atomic E-state index is 0.0888. The van der Waals surface area contributed by atoms with Gasteiger partial charge in [0.1, 0.15) is 11.4 Å². The van der Waals surface area contributed by atoms with Gasteiger partial charge < -0.3 is 10.1 Å². The maximum Gasteiger partial charge on any atom is 0.296 e. The first-order valence-corrected chi connectivity index (χ1v) is 6.71. The summed E-state index contributed by atoms with van der Waals surface area (Å²) in [5, 5.41) is 14.4.